The van der Waals surface area contributed by atoms with E-state index in [1.807, 2.05) is 6.92 Å². The Morgan fingerprint density at radius 2 is 2.25 bits per heavy atom. The largest absolute Gasteiger partial charge is 0.461 e. The minimum atomic E-state index is -0.00338. The highest BCUT2D eigenvalue weighted by Crippen LogP contribution is 2.41. The molecule has 1 heterocycles. The topological polar surface area (TPSA) is 26.3 Å². The third-order valence-corrected chi connectivity index (χ3v) is 4.04. The fourth-order valence-corrected chi connectivity index (χ4v) is 3.08. The van der Waals surface area contributed by atoms with Crippen LogP contribution in [0.5, 0.6) is 0 Å². The molecule has 1 saturated carbocycles. The van der Waals surface area contributed by atoms with E-state index in [1.54, 1.807) is 0 Å². The third kappa shape index (κ3) is 1.18. The maximum atomic E-state index is 11.2. The van der Waals surface area contributed by atoms with Crippen LogP contribution in [0, 0.1) is 11.8 Å². The average molecular weight is 233 g/mol. The van der Waals surface area contributed by atoms with E-state index < -0.39 is 0 Å². The maximum Gasteiger partial charge on any atom is 0.309 e. The van der Waals surface area contributed by atoms with Crippen LogP contribution in [0.15, 0.2) is 0 Å². The lowest BCUT2D eigenvalue weighted by molar-refractivity contribution is -0.144. The number of carbonyl (C=O) groups excluding carboxylic acids is 1. The number of hydrogen-bond donors (Lipinski definition) is 0. The smallest absolute Gasteiger partial charge is 0.309 e. The van der Waals surface area contributed by atoms with Gasteiger partial charge in [-0.3, -0.25) is 4.79 Å². The van der Waals surface area contributed by atoms with Gasteiger partial charge in [-0.25, -0.2) is 0 Å². The molecule has 0 aromatic heterocycles. The van der Waals surface area contributed by atoms with Crippen molar-refractivity contribution in [3.63, 3.8) is 0 Å². The van der Waals surface area contributed by atoms with Gasteiger partial charge in [-0.15, -0.1) is 0 Å². The number of rotatable bonds is 0. The van der Waals surface area contributed by atoms with Gasteiger partial charge >= 0.3 is 5.97 Å². The summed E-state index contributed by atoms with van der Waals surface area (Å²) in [5, 5.41) is 0. The Balaban J connectivity index is 2.16. The van der Waals surface area contributed by atoms with Crippen LogP contribution >= 0.6 is 15.9 Å². The number of carbonyl (C=O) groups is 1. The molecule has 4 atom stereocenters. The van der Waals surface area contributed by atoms with Crippen molar-refractivity contribution in [3.05, 3.63) is 0 Å². The summed E-state index contributed by atoms with van der Waals surface area (Å²) in [7, 11) is 0. The molecule has 0 amide bonds. The number of hydrogen-bond acceptors (Lipinski definition) is 2. The highest BCUT2D eigenvalue weighted by Gasteiger charge is 2.46. The van der Waals surface area contributed by atoms with Crippen molar-refractivity contribution in [1.29, 1.82) is 0 Å². The minimum Gasteiger partial charge on any atom is -0.461 e. The van der Waals surface area contributed by atoms with Crippen molar-refractivity contribution in [2.75, 3.05) is 0 Å². The van der Waals surface area contributed by atoms with E-state index in [0.717, 1.165) is 12.8 Å². The summed E-state index contributed by atoms with van der Waals surface area (Å²) in [5.41, 5.74) is 0. The summed E-state index contributed by atoms with van der Waals surface area (Å²) in [6.45, 7) is 1.98. The van der Waals surface area contributed by atoms with Crippen molar-refractivity contribution in [1.82, 2.24) is 0 Å². The molecule has 0 spiro atoms. The Labute approximate surface area is 80.8 Å². The molecule has 2 aliphatic rings. The first-order chi connectivity index (χ1) is 5.70. The molecule has 12 heavy (non-hydrogen) atoms. The van der Waals surface area contributed by atoms with Crippen LogP contribution in [-0.4, -0.2) is 16.9 Å². The lowest BCUT2D eigenvalue weighted by Crippen LogP contribution is -2.32. The molecule has 1 saturated heterocycles. The normalized spacial score (nSPS) is 47.0. The number of esters is 1. The first-order valence-corrected chi connectivity index (χ1v) is 5.46. The second kappa shape index (κ2) is 3.02. The summed E-state index contributed by atoms with van der Waals surface area (Å²) in [5.74, 6) is 0.585. The number of alkyl halides is 1. The lowest BCUT2D eigenvalue weighted by Gasteiger charge is -2.28. The van der Waals surface area contributed by atoms with E-state index in [4.69, 9.17) is 4.74 Å². The molecule has 68 valence electrons. The lowest BCUT2D eigenvalue weighted by atomic mass is 9.81. The zero-order valence-corrected chi connectivity index (χ0v) is 8.71. The van der Waals surface area contributed by atoms with E-state index in [9.17, 15) is 4.79 Å². The van der Waals surface area contributed by atoms with Crippen molar-refractivity contribution >= 4 is 21.9 Å². The summed E-state index contributed by atoms with van der Waals surface area (Å²) < 4.78 is 5.30. The van der Waals surface area contributed by atoms with Gasteiger partial charge in [0.25, 0.3) is 0 Å². The first-order valence-electron chi connectivity index (χ1n) is 4.54. The van der Waals surface area contributed by atoms with Crippen LogP contribution in [0.1, 0.15) is 26.2 Å². The van der Waals surface area contributed by atoms with Crippen molar-refractivity contribution in [2.24, 2.45) is 11.8 Å². The first kappa shape index (κ1) is 8.54. The Morgan fingerprint density at radius 1 is 1.50 bits per heavy atom. The Bertz CT molecular complexity index is 205. The molecule has 0 radical (unpaired) electrons. The predicted molar refractivity (Wildman–Crippen MR) is 49.1 cm³/mol. The van der Waals surface area contributed by atoms with Crippen LogP contribution in [-0.2, 0) is 9.53 Å². The molecule has 2 rings (SSSR count). The van der Waals surface area contributed by atoms with Crippen LogP contribution in [0.25, 0.3) is 0 Å². The molecule has 0 aromatic carbocycles. The van der Waals surface area contributed by atoms with Crippen LogP contribution in [0.3, 0.4) is 0 Å². The molecule has 3 heteroatoms. The molecule has 0 aromatic rings. The molecular weight excluding hydrogens is 220 g/mol. The maximum absolute atomic E-state index is 11.2. The van der Waals surface area contributed by atoms with Crippen molar-refractivity contribution < 1.29 is 9.53 Å². The van der Waals surface area contributed by atoms with Crippen molar-refractivity contribution in [3.8, 4) is 0 Å². The van der Waals surface area contributed by atoms with Gasteiger partial charge < -0.3 is 4.74 Å². The molecule has 1 aliphatic heterocycles. The van der Waals surface area contributed by atoms with E-state index in [1.165, 1.54) is 6.42 Å². The van der Waals surface area contributed by atoms with E-state index >= 15 is 0 Å². The highest BCUT2D eigenvalue weighted by molar-refractivity contribution is 9.09. The second-order valence-electron chi connectivity index (χ2n) is 3.80. The average Bonchev–Trinajstić information content (AvgIpc) is 2.32. The fraction of sp³-hybridized carbons (Fsp3) is 0.889. The SMILES string of the molecule is C[C@H]1C(=O)O[C@H]2[C@@H]1CCC[C@@H]2Br. The summed E-state index contributed by atoms with van der Waals surface area (Å²) in [4.78, 5) is 11.6. The van der Waals surface area contributed by atoms with Crippen LogP contribution in [0.2, 0.25) is 0 Å². The van der Waals surface area contributed by atoms with Gasteiger partial charge in [-0.05, 0) is 12.8 Å². The van der Waals surface area contributed by atoms with E-state index in [0.29, 0.717) is 10.7 Å². The standard InChI is InChI=1S/C9H13BrO2/c1-5-6-3-2-4-7(10)8(6)12-9(5)11/h5-8H,2-4H2,1H3/t5-,6-,7+,8+/m1/s1. The minimum absolute atomic E-state index is 0.00338. The molecule has 2 nitrogen and oxygen atoms in total. The van der Waals surface area contributed by atoms with Crippen molar-refractivity contribution in [2.45, 2.75) is 37.1 Å². The Hall–Kier alpha value is -0.0500. The van der Waals surface area contributed by atoms with Crippen LogP contribution in [0.4, 0.5) is 0 Å². The van der Waals surface area contributed by atoms with Gasteiger partial charge in [0.2, 0.25) is 0 Å². The molecule has 0 bridgehead atoms. The van der Waals surface area contributed by atoms with Gasteiger partial charge in [0, 0.05) is 5.92 Å². The molecule has 0 N–H and O–H groups in total. The van der Waals surface area contributed by atoms with E-state index in [2.05, 4.69) is 15.9 Å². The molecule has 2 fully saturated rings. The quantitative estimate of drug-likeness (QED) is 0.473. The number of fused-ring (bicyclic) bond motifs is 1. The third-order valence-electron chi connectivity index (χ3n) is 3.06. The predicted octanol–water partition coefficient (Wildman–Crippen LogP) is 2.11. The van der Waals surface area contributed by atoms with Crippen LogP contribution < -0.4 is 0 Å². The summed E-state index contributed by atoms with van der Waals surface area (Å²) in [6, 6.07) is 0. The zero-order valence-electron chi connectivity index (χ0n) is 7.13. The summed E-state index contributed by atoms with van der Waals surface area (Å²) in [6.07, 6.45) is 3.67. The van der Waals surface area contributed by atoms with Gasteiger partial charge in [0.05, 0.1) is 10.7 Å². The van der Waals surface area contributed by atoms with Gasteiger partial charge in [-0.2, -0.15) is 0 Å². The zero-order chi connectivity index (χ0) is 8.72. The highest BCUT2D eigenvalue weighted by atomic mass is 79.9. The molecule has 1 aliphatic carbocycles. The Morgan fingerprint density at radius 3 is 2.92 bits per heavy atom. The van der Waals surface area contributed by atoms with Gasteiger partial charge in [0.1, 0.15) is 6.10 Å². The number of ether oxygens (including phenoxy) is 1. The van der Waals surface area contributed by atoms with Gasteiger partial charge in [0.15, 0.2) is 0 Å². The van der Waals surface area contributed by atoms with Gasteiger partial charge in [-0.1, -0.05) is 29.3 Å². The fourth-order valence-electron chi connectivity index (χ4n) is 2.26. The number of halogens is 1. The monoisotopic (exact) mass is 232 g/mol. The second-order valence-corrected chi connectivity index (χ2v) is 4.98. The molecule has 0 unspecified atom stereocenters. The Kier molecular flexibility index (Phi) is 2.15. The molecular formula is C9H13BrO2. The van der Waals surface area contributed by atoms with E-state index in [-0.39, 0.29) is 18.0 Å². The summed E-state index contributed by atoms with van der Waals surface area (Å²) >= 11 is 3.57.